The van der Waals surface area contributed by atoms with Crippen LogP contribution in [0.25, 0.3) is 0 Å². The molecule has 28 heavy (non-hydrogen) atoms. The van der Waals surface area contributed by atoms with Crippen molar-refractivity contribution in [2.75, 3.05) is 20.2 Å². The number of benzene rings is 1. The lowest BCUT2D eigenvalue weighted by atomic mass is 9.96. The van der Waals surface area contributed by atoms with Crippen LogP contribution in [0.5, 0.6) is 5.75 Å². The van der Waals surface area contributed by atoms with Gasteiger partial charge in [-0.25, -0.2) is 0 Å². The Morgan fingerprint density at radius 3 is 2.21 bits per heavy atom. The number of nitrogens with two attached hydrogens (primary N) is 2. The highest BCUT2D eigenvalue weighted by atomic mass is 16.5. The molecule has 2 atom stereocenters. The van der Waals surface area contributed by atoms with Crippen molar-refractivity contribution >= 4 is 17.5 Å². The molecule has 0 heterocycles. The summed E-state index contributed by atoms with van der Waals surface area (Å²) < 4.78 is 5.67. The van der Waals surface area contributed by atoms with Crippen molar-refractivity contribution in [2.24, 2.45) is 17.4 Å². The van der Waals surface area contributed by atoms with Gasteiger partial charge in [0.1, 0.15) is 18.1 Å². The molecule has 0 bridgehead atoms. The minimum Gasteiger partial charge on any atom is -0.492 e. The predicted octanol–water partition coefficient (Wildman–Crippen LogP) is 1.32. The van der Waals surface area contributed by atoms with Gasteiger partial charge in [0, 0.05) is 19.4 Å². The van der Waals surface area contributed by atoms with E-state index in [2.05, 4.69) is 0 Å². The highest BCUT2D eigenvalue weighted by Crippen LogP contribution is 2.14. The minimum absolute atomic E-state index is 0.0530. The summed E-state index contributed by atoms with van der Waals surface area (Å²) in [5.74, 6) is 0.482. The normalized spacial score (nSPS) is 13.1. The maximum absolute atomic E-state index is 12.0. The topological polar surface area (TPSA) is 116 Å². The van der Waals surface area contributed by atoms with Crippen LogP contribution in [-0.4, -0.2) is 54.7 Å². The molecule has 0 radical (unpaired) electrons. The van der Waals surface area contributed by atoms with Crippen molar-refractivity contribution < 1.29 is 19.1 Å². The minimum atomic E-state index is -0.587. The van der Waals surface area contributed by atoms with Crippen molar-refractivity contribution in [1.82, 2.24) is 4.90 Å². The van der Waals surface area contributed by atoms with E-state index in [1.807, 2.05) is 38.1 Å². The Bertz CT molecular complexity index is 658. The largest absolute Gasteiger partial charge is 0.492 e. The molecule has 1 aromatic carbocycles. The first-order valence-corrected chi connectivity index (χ1v) is 9.62. The van der Waals surface area contributed by atoms with Crippen molar-refractivity contribution in [3.05, 3.63) is 29.8 Å². The number of amides is 1. The molecule has 156 valence electrons. The first-order valence-electron chi connectivity index (χ1n) is 9.62. The average molecular weight is 392 g/mol. The molecule has 1 rings (SSSR count). The van der Waals surface area contributed by atoms with Crippen molar-refractivity contribution in [1.29, 1.82) is 0 Å². The van der Waals surface area contributed by atoms with E-state index in [-0.39, 0.29) is 29.8 Å². The number of Topliss-reactive ketones (excluding diaryl/α,β-unsaturated/α-hetero) is 2. The van der Waals surface area contributed by atoms with E-state index in [1.54, 1.807) is 11.9 Å². The number of ketones is 2. The summed E-state index contributed by atoms with van der Waals surface area (Å²) in [7, 11) is 1.70. The molecule has 7 nitrogen and oxygen atoms in total. The van der Waals surface area contributed by atoms with Crippen LogP contribution < -0.4 is 16.2 Å². The van der Waals surface area contributed by atoms with Crippen LogP contribution in [0.4, 0.5) is 0 Å². The Labute approximate surface area is 167 Å². The third kappa shape index (κ3) is 8.19. The Kier molecular flexibility index (Phi) is 9.82. The fourth-order valence-electron chi connectivity index (χ4n) is 2.60. The first-order chi connectivity index (χ1) is 13.1. The maximum Gasteiger partial charge on any atom is 0.222 e. The Hall–Kier alpha value is -2.25. The summed E-state index contributed by atoms with van der Waals surface area (Å²) in [6.45, 7) is 5.90. The number of carbonyl (C=O) groups excluding carboxylic acids is 3. The van der Waals surface area contributed by atoms with Crippen LogP contribution >= 0.6 is 0 Å². The van der Waals surface area contributed by atoms with Crippen molar-refractivity contribution in [2.45, 2.75) is 52.1 Å². The summed E-state index contributed by atoms with van der Waals surface area (Å²) in [6, 6.07) is 6.35. The molecule has 4 N–H and O–H groups in total. The van der Waals surface area contributed by atoms with E-state index in [1.165, 1.54) is 6.92 Å². The van der Waals surface area contributed by atoms with Gasteiger partial charge in [-0.15, -0.1) is 0 Å². The highest BCUT2D eigenvalue weighted by Gasteiger charge is 2.17. The van der Waals surface area contributed by atoms with Gasteiger partial charge in [-0.1, -0.05) is 26.0 Å². The number of carbonyl (C=O) groups is 3. The van der Waals surface area contributed by atoms with Crippen LogP contribution in [0.2, 0.25) is 0 Å². The van der Waals surface area contributed by atoms with Gasteiger partial charge < -0.3 is 21.1 Å². The molecule has 1 amide bonds. The standard InChI is InChI=1S/C21H33N3O4/c1-14(2)21(27)19(23)13-16-5-7-17(8-6-16)28-12-11-24(4)20(26)10-9-18(22)15(3)25/h5-8,14,18-19H,9-13,22-23H2,1-4H3. The lowest BCUT2D eigenvalue weighted by molar-refractivity contribution is -0.130. The Morgan fingerprint density at radius 2 is 1.68 bits per heavy atom. The first kappa shape index (κ1) is 23.8. The molecule has 0 aromatic heterocycles. The number of hydrogen-bond acceptors (Lipinski definition) is 6. The molecule has 0 fully saturated rings. The van der Waals surface area contributed by atoms with Gasteiger partial charge in [-0.2, -0.15) is 0 Å². The number of ether oxygens (including phenoxy) is 1. The second kappa shape index (κ2) is 11.6. The molecular formula is C21H33N3O4. The Balaban J connectivity index is 2.38. The lowest BCUT2D eigenvalue weighted by Crippen LogP contribution is -2.35. The summed E-state index contributed by atoms with van der Waals surface area (Å²) >= 11 is 0. The zero-order chi connectivity index (χ0) is 21.3. The van der Waals surface area contributed by atoms with Crippen molar-refractivity contribution in [3.8, 4) is 5.75 Å². The maximum atomic E-state index is 12.0. The molecule has 0 saturated carbocycles. The quantitative estimate of drug-likeness (QED) is 0.555. The third-order valence-corrected chi connectivity index (χ3v) is 4.63. The van der Waals surface area contributed by atoms with Gasteiger partial charge in [0.05, 0.1) is 18.6 Å². The van der Waals surface area contributed by atoms with Gasteiger partial charge in [0.2, 0.25) is 5.91 Å². The summed E-state index contributed by atoms with van der Waals surface area (Å²) in [5, 5.41) is 0. The zero-order valence-electron chi connectivity index (χ0n) is 17.3. The van der Waals surface area contributed by atoms with Crippen LogP contribution in [0, 0.1) is 5.92 Å². The van der Waals surface area contributed by atoms with Gasteiger partial charge in [0.15, 0.2) is 5.78 Å². The molecule has 7 heteroatoms. The lowest BCUT2D eigenvalue weighted by Gasteiger charge is -2.18. The molecule has 2 unspecified atom stereocenters. The molecular weight excluding hydrogens is 358 g/mol. The number of nitrogens with zero attached hydrogens (tertiary/aromatic N) is 1. The fraction of sp³-hybridized carbons (Fsp3) is 0.571. The third-order valence-electron chi connectivity index (χ3n) is 4.63. The highest BCUT2D eigenvalue weighted by molar-refractivity contribution is 5.85. The predicted molar refractivity (Wildman–Crippen MR) is 109 cm³/mol. The second-order valence-electron chi connectivity index (χ2n) is 7.43. The van der Waals surface area contributed by atoms with Crippen LogP contribution in [0.15, 0.2) is 24.3 Å². The Morgan fingerprint density at radius 1 is 1.07 bits per heavy atom. The van der Waals surface area contributed by atoms with E-state index in [4.69, 9.17) is 16.2 Å². The van der Waals surface area contributed by atoms with E-state index in [0.717, 1.165) is 5.56 Å². The number of hydrogen-bond donors (Lipinski definition) is 2. The summed E-state index contributed by atoms with van der Waals surface area (Å²) in [6.07, 6.45) is 1.08. The molecule has 0 aliphatic rings. The molecule has 0 aliphatic heterocycles. The van der Waals surface area contributed by atoms with Gasteiger partial charge in [-0.05, 0) is 37.5 Å². The monoisotopic (exact) mass is 391 g/mol. The molecule has 0 saturated heterocycles. The molecule has 0 aliphatic carbocycles. The molecule has 0 spiro atoms. The van der Waals surface area contributed by atoms with Gasteiger partial charge in [-0.3, -0.25) is 14.4 Å². The van der Waals surface area contributed by atoms with Crippen molar-refractivity contribution in [3.63, 3.8) is 0 Å². The van der Waals surface area contributed by atoms with E-state index < -0.39 is 12.1 Å². The van der Waals surface area contributed by atoms with Gasteiger partial charge in [0.25, 0.3) is 0 Å². The number of rotatable bonds is 12. The van der Waals surface area contributed by atoms with Gasteiger partial charge >= 0.3 is 0 Å². The van der Waals surface area contributed by atoms with Crippen LogP contribution in [-0.2, 0) is 20.8 Å². The second-order valence-corrected chi connectivity index (χ2v) is 7.43. The zero-order valence-corrected chi connectivity index (χ0v) is 17.3. The van der Waals surface area contributed by atoms with Crippen LogP contribution in [0.3, 0.4) is 0 Å². The molecule has 1 aromatic rings. The number of likely N-dealkylation sites (N-methyl/N-ethyl adjacent to an activating group) is 1. The average Bonchev–Trinajstić information content (AvgIpc) is 2.65. The summed E-state index contributed by atoms with van der Waals surface area (Å²) in [5.41, 5.74) is 12.6. The smallest absolute Gasteiger partial charge is 0.222 e. The summed E-state index contributed by atoms with van der Waals surface area (Å²) in [4.78, 5) is 36.6. The SMILES string of the molecule is CC(=O)C(N)CCC(=O)N(C)CCOc1ccc(CC(N)C(=O)C(C)C)cc1. The van der Waals surface area contributed by atoms with Crippen LogP contribution in [0.1, 0.15) is 39.2 Å². The fourth-order valence-corrected chi connectivity index (χ4v) is 2.60. The van der Waals surface area contributed by atoms with E-state index in [0.29, 0.717) is 31.7 Å². The van der Waals surface area contributed by atoms with E-state index >= 15 is 0 Å². The van der Waals surface area contributed by atoms with E-state index in [9.17, 15) is 14.4 Å².